The number of ketones is 1. The molecule has 2 nitrogen and oxygen atoms in total. The summed E-state index contributed by atoms with van der Waals surface area (Å²) in [5.41, 5.74) is -0.527. The fraction of sp³-hybridized carbons (Fsp3) is 0.963. The molecule has 0 amide bonds. The van der Waals surface area contributed by atoms with Crippen molar-refractivity contribution in [1.29, 1.82) is 0 Å². The summed E-state index contributed by atoms with van der Waals surface area (Å²) in [6, 6.07) is 0. The van der Waals surface area contributed by atoms with Crippen LogP contribution in [0, 0.1) is 46.3 Å². The number of Topliss-reactive ketones (excluding diaryl/α,β-unsaturated/α-hetero) is 1. The van der Waals surface area contributed by atoms with Gasteiger partial charge in [0.15, 0.2) is 0 Å². The van der Waals surface area contributed by atoms with E-state index in [0.717, 1.165) is 56.3 Å². The fourth-order valence-corrected chi connectivity index (χ4v) is 8.95. The summed E-state index contributed by atoms with van der Waals surface area (Å²) in [6.07, 6.45) is 13.9. The molecule has 8 atom stereocenters. The zero-order valence-electron chi connectivity index (χ0n) is 19.8. The highest BCUT2D eigenvalue weighted by Gasteiger charge is 2.69. The van der Waals surface area contributed by atoms with Gasteiger partial charge in [0.05, 0.1) is 11.5 Å². The van der Waals surface area contributed by atoms with Crippen molar-refractivity contribution in [3.63, 3.8) is 0 Å². The van der Waals surface area contributed by atoms with Crippen LogP contribution in [-0.2, 0) is 4.79 Å². The van der Waals surface area contributed by atoms with Gasteiger partial charge in [-0.1, -0.05) is 66.7 Å². The average Bonchev–Trinajstić information content (AvgIpc) is 2.99. The normalized spacial score (nSPS) is 48.2. The maximum Gasteiger partial charge on any atom is 0.139 e. The number of fused-ring (bicyclic) bond motifs is 5. The van der Waals surface area contributed by atoms with E-state index in [-0.39, 0.29) is 16.7 Å². The highest BCUT2D eigenvalue weighted by molar-refractivity contribution is 5.84. The van der Waals surface area contributed by atoms with Gasteiger partial charge in [0.2, 0.25) is 0 Å². The first-order valence-electron chi connectivity index (χ1n) is 12.9. The predicted octanol–water partition coefficient (Wildman–Crippen LogP) is 6.79. The molecule has 2 heteroatoms. The average molecular weight is 403 g/mol. The summed E-state index contributed by atoms with van der Waals surface area (Å²) in [7, 11) is 0. The van der Waals surface area contributed by atoms with Crippen molar-refractivity contribution >= 4 is 5.78 Å². The van der Waals surface area contributed by atoms with Crippen LogP contribution in [0.3, 0.4) is 0 Å². The first-order chi connectivity index (χ1) is 13.6. The number of carbonyl (C=O) groups is 1. The van der Waals surface area contributed by atoms with Gasteiger partial charge in [-0.25, -0.2) is 0 Å². The molecule has 0 spiro atoms. The molecule has 0 aromatic carbocycles. The van der Waals surface area contributed by atoms with E-state index in [9.17, 15) is 9.90 Å². The molecule has 4 aliphatic rings. The molecule has 0 aromatic rings. The minimum Gasteiger partial charge on any atom is -0.389 e. The third kappa shape index (κ3) is 3.26. The van der Waals surface area contributed by atoms with E-state index in [0.29, 0.717) is 17.6 Å². The molecule has 1 N–H and O–H groups in total. The van der Waals surface area contributed by atoms with E-state index in [1.807, 2.05) is 0 Å². The van der Waals surface area contributed by atoms with Crippen molar-refractivity contribution in [3.8, 4) is 0 Å². The summed E-state index contributed by atoms with van der Waals surface area (Å²) in [5.74, 6) is 3.42. The number of hydrogen-bond acceptors (Lipinski definition) is 2. The molecule has 166 valence electrons. The Hall–Kier alpha value is -0.370. The van der Waals surface area contributed by atoms with Crippen molar-refractivity contribution in [2.24, 2.45) is 46.3 Å². The lowest BCUT2D eigenvalue weighted by Crippen LogP contribution is -2.67. The van der Waals surface area contributed by atoms with E-state index in [2.05, 4.69) is 34.6 Å². The third-order valence-corrected chi connectivity index (χ3v) is 10.8. The Bertz CT molecular complexity index is 626. The molecule has 0 radical (unpaired) electrons. The molecule has 0 saturated heterocycles. The Morgan fingerprint density at radius 1 is 1.00 bits per heavy atom. The smallest absolute Gasteiger partial charge is 0.139 e. The summed E-state index contributed by atoms with van der Waals surface area (Å²) >= 11 is 0. The predicted molar refractivity (Wildman–Crippen MR) is 120 cm³/mol. The summed E-state index contributed by atoms with van der Waals surface area (Å²) in [5, 5.41) is 12.2. The largest absolute Gasteiger partial charge is 0.389 e. The van der Waals surface area contributed by atoms with Gasteiger partial charge >= 0.3 is 0 Å². The molecule has 4 aliphatic carbocycles. The molecular formula is C27H46O2. The molecule has 4 saturated carbocycles. The van der Waals surface area contributed by atoms with Gasteiger partial charge in [0.1, 0.15) is 5.78 Å². The lowest BCUT2D eigenvalue weighted by molar-refractivity contribution is -0.227. The Balaban J connectivity index is 1.57. The summed E-state index contributed by atoms with van der Waals surface area (Å²) in [6.45, 7) is 12.0. The first kappa shape index (κ1) is 21.8. The SMILES string of the molecule is CC(C)CCCC(C)C1CCC2C3C(=O)CC4CCCCC4(C)C3(O)CCC12C. The van der Waals surface area contributed by atoms with Crippen LogP contribution in [0.5, 0.6) is 0 Å². The Morgan fingerprint density at radius 3 is 2.48 bits per heavy atom. The molecule has 4 rings (SSSR count). The van der Waals surface area contributed by atoms with E-state index in [4.69, 9.17) is 0 Å². The van der Waals surface area contributed by atoms with Crippen LogP contribution in [0.25, 0.3) is 0 Å². The zero-order valence-corrected chi connectivity index (χ0v) is 19.8. The zero-order chi connectivity index (χ0) is 21.0. The lowest BCUT2D eigenvalue weighted by atomic mass is 9.42. The summed E-state index contributed by atoms with van der Waals surface area (Å²) in [4.78, 5) is 13.5. The molecule has 0 heterocycles. The van der Waals surface area contributed by atoms with Crippen LogP contribution in [0.2, 0.25) is 0 Å². The van der Waals surface area contributed by atoms with Crippen LogP contribution in [0.15, 0.2) is 0 Å². The standard InChI is InChI=1S/C27H46O2/c1-18(2)9-8-10-19(3)21-12-13-22-24-23(28)17-20-11-6-7-14-26(20,5)27(24,29)16-15-25(21,22)4/h18-22,24,29H,6-17H2,1-5H3. The monoisotopic (exact) mass is 402 g/mol. The van der Waals surface area contributed by atoms with E-state index >= 15 is 0 Å². The first-order valence-corrected chi connectivity index (χ1v) is 12.9. The van der Waals surface area contributed by atoms with Gasteiger partial charge in [-0.3, -0.25) is 4.79 Å². The van der Waals surface area contributed by atoms with Gasteiger partial charge in [0, 0.05) is 11.8 Å². The van der Waals surface area contributed by atoms with E-state index < -0.39 is 5.60 Å². The van der Waals surface area contributed by atoms with Gasteiger partial charge in [-0.15, -0.1) is 0 Å². The van der Waals surface area contributed by atoms with Crippen LogP contribution >= 0.6 is 0 Å². The maximum absolute atomic E-state index is 13.5. The van der Waals surface area contributed by atoms with Crippen molar-refractivity contribution in [1.82, 2.24) is 0 Å². The number of aliphatic hydroxyl groups is 1. The molecule has 8 unspecified atom stereocenters. The molecule has 0 bridgehead atoms. The summed E-state index contributed by atoms with van der Waals surface area (Å²) < 4.78 is 0. The van der Waals surface area contributed by atoms with Crippen molar-refractivity contribution in [2.45, 2.75) is 117 Å². The number of rotatable bonds is 5. The van der Waals surface area contributed by atoms with Gasteiger partial charge in [0.25, 0.3) is 0 Å². The quantitative estimate of drug-likeness (QED) is 0.549. The van der Waals surface area contributed by atoms with Crippen molar-refractivity contribution in [3.05, 3.63) is 0 Å². The molecule has 0 aromatic heterocycles. The minimum absolute atomic E-state index is 0.0356. The Morgan fingerprint density at radius 2 is 1.76 bits per heavy atom. The van der Waals surface area contributed by atoms with Crippen LogP contribution < -0.4 is 0 Å². The highest BCUT2D eigenvalue weighted by Crippen LogP contribution is 2.69. The second-order valence-electron chi connectivity index (χ2n) is 12.5. The lowest BCUT2D eigenvalue weighted by Gasteiger charge is -2.64. The van der Waals surface area contributed by atoms with Crippen LogP contribution in [-0.4, -0.2) is 16.5 Å². The number of hydrogen-bond donors (Lipinski definition) is 1. The van der Waals surface area contributed by atoms with E-state index in [1.54, 1.807) is 0 Å². The fourth-order valence-electron chi connectivity index (χ4n) is 8.95. The molecule has 29 heavy (non-hydrogen) atoms. The minimum atomic E-state index is -0.743. The highest BCUT2D eigenvalue weighted by atomic mass is 16.3. The van der Waals surface area contributed by atoms with E-state index in [1.165, 1.54) is 38.5 Å². The van der Waals surface area contributed by atoms with Gasteiger partial charge in [-0.05, 0) is 73.5 Å². The van der Waals surface area contributed by atoms with Crippen LogP contribution in [0.4, 0.5) is 0 Å². The second-order valence-corrected chi connectivity index (χ2v) is 12.5. The van der Waals surface area contributed by atoms with Gasteiger partial charge in [-0.2, -0.15) is 0 Å². The van der Waals surface area contributed by atoms with Crippen LogP contribution in [0.1, 0.15) is 112 Å². The number of carbonyl (C=O) groups excluding carboxylic acids is 1. The third-order valence-electron chi connectivity index (χ3n) is 10.8. The second kappa shape index (κ2) is 7.64. The molecule has 0 aliphatic heterocycles. The topological polar surface area (TPSA) is 37.3 Å². The van der Waals surface area contributed by atoms with Crippen molar-refractivity contribution in [2.75, 3.05) is 0 Å². The molecular weight excluding hydrogens is 356 g/mol. The Labute approximate surface area is 179 Å². The molecule has 4 fully saturated rings. The van der Waals surface area contributed by atoms with Crippen molar-refractivity contribution < 1.29 is 9.90 Å². The Kier molecular flexibility index (Phi) is 5.76. The maximum atomic E-state index is 13.5. The van der Waals surface area contributed by atoms with Gasteiger partial charge < -0.3 is 5.11 Å².